The van der Waals surface area contributed by atoms with Crippen molar-refractivity contribution in [2.45, 2.75) is 6.92 Å². The van der Waals surface area contributed by atoms with Gasteiger partial charge < -0.3 is 10.2 Å². The average Bonchev–Trinajstić information content (AvgIpc) is 2.37. The summed E-state index contributed by atoms with van der Waals surface area (Å²) in [4.78, 5) is 13.6. The molecular weight excluding hydrogens is 212 g/mol. The molecule has 0 aliphatic carbocycles. The summed E-state index contributed by atoms with van der Waals surface area (Å²) in [5, 5.41) is 2.75. The van der Waals surface area contributed by atoms with Crippen LogP contribution in [0.2, 0.25) is 0 Å². The smallest absolute Gasteiger partial charge is 0.252 e. The minimum atomic E-state index is -0.106. The van der Waals surface area contributed by atoms with Crippen molar-refractivity contribution in [3.05, 3.63) is 54.8 Å². The second-order valence-electron chi connectivity index (χ2n) is 3.59. The van der Waals surface area contributed by atoms with Crippen molar-refractivity contribution in [3.63, 3.8) is 0 Å². The standard InChI is InChI=1S/C14H18N2O/c1-4-12(14(17)15-5-2)11-16(3)13-9-7-6-8-10-13/h4,6-11H,1,5H2,2-3H3,(H,15,17)/b12-11+. The second-order valence-corrected chi connectivity index (χ2v) is 3.59. The van der Waals surface area contributed by atoms with Gasteiger partial charge in [-0.3, -0.25) is 4.79 Å². The molecule has 1 aromatic rings. The summed E-state index contributed by atoms with van der Waals surface area (Å²) < 4.78 is 0. The first-order valence-corrected chi connectivity index (χ1v) is 5.59. The molecule has 0 atom stereocenters. The lowest BCUT2D eigenvalue weighted by Crippen LogP contribution is -2.25. The largest absolute Gasteiger partial charge is 0.352 e. The van der Waals surface area contributed by atoms with Crippen LogP contribution in [0.25, 0.3) is 0 Å². The van der Waals surface area contributed by atoms with Crippen LogP contribution >= 0.6 is 0 Å². The number of rotatable bonds is 5. The first-order valence-electron chi connectivity index (χ1n) is 5.59. The fourth-order valence-electron chi connectivity index (χ4n) is 1.41. The third-order valence-corrected chi connectivity index (χ3v) is 2.32. The highest BCUT2D eigenvalue weighted by molar-refractivity contribution is 5.96. The van der Waals surface area contributed by atoms with Crippen molar-refractivity contribution in [2.24, 2.45) is 0 Å². The van der Waals surface area contributed by atoms with E-state index in [9.17, 15) is 4.79 Å². The molecule has 0 unspecified atom stereocenters. The maximum Gasteiger partial charge on any atom is 0.252 e. The molecule has 0 fully saturated rings. The first kappa shape index (κ1) is 13.0. The first-order chi connectivity index (χ1) is 8.19. The Labute approximate surface area is 102 Å². The zero-order valence-electron chi connectivity index (χ0n) is 10.3. The van der Waals surface area contributed by atoms with Gasteiger partial charge in [-0.05, 0) is 19.1 Å². The van der Waals surface area contributed by atoms with Gasteiger partial charge in [0, 0.05) is 25.5 Å². The summed E-state index contributed by atoms with van der Waals surface area (Å²) >= 11 is 0. The molecule has 3 heteroatoms. The predicted molar refractivity (Wildman–Crippen MR) is 71.8 cm³/mol. The molecule has 0 aromatic heterocycles. The van der Waals surface area contributed by atoms with Gasteiger partial charge in [0.15, 0.2) is 0 Å². The number of carbonyl (C=O) groups is 1. The zero-order valence-corrected chi connectivity index (χ0v) is 10.3. The van der Waals surface area contributed by atoms with Crippen LogP contribution in [0.5, 0.6) is 0 Å². The Balaban J connectivity index is 2.85. The number of anilines is 1. The summed E-state index contributed by atoms with van der Waals surface area (Å²) in [5.74, 6) is -0.106. The highest BCUT2D eigenvalue weighted by atomic mass is 16.1. The molecule has 0 aliphatic heterocycles. The molecule has 0 saturated carbocycles. The number of para-hydroxylation sites is 1. The van der Waals surface area contributed by atoms with E-state index < -0.39 is 0 Å². The Bertz CT molecular complexity index is 409. The highest BCUT2D eigenvalue weighted by Gasteiger charge is 2.05. The molecule has 1 amide bonds. The van der Waals surface area contributed by atoms with Gasteiger partial charge in [-0.1, -0.05) is 30.9 Å². The number of hydrogen-bond donors (Lipinski definition) is 1. The van der Waals surface area contributed by atoms with Gasteiger partial charge in [0.25, 0.3) is 5.91 Å². The number of carbonyl (C=O) groups excluding carboxylic acids is 1. The van der Waals surface area contributed by atoms with Crippen molar-refractivity contribution in [2.75, 3.05) is 18.5 Å². The van der Waals surface area contributed by atoms with Gasteiger partial charge in [0.05, 0.1) is 5.57 Å². The Morgan fingerprint density at radius 1 is 1.41 bits per heavy atom. The van der Waals surface area contributed by atoms with E-state index in [4.69, 9.17) is 0 Å². The Kier molecular flexibility index (Phi) is 5.01. The minimum Gasteiger partial charge on any atom is -0.352 e. The molecule has 17 heavy (non-hydrogen) atoms. The van der Waals surface area contributed by atoms with Crippen LogP contribution in [0, 0.1) is 0 Å². The summed E-state index contributed by atoms with van der Waals surface area (Å²) in [5.41, 5.74) is 1.58. The third kappa shape index (κ3) is 3.79. The quantitative estimate of drug-likeness (QED) is 0.622. The normalized spacial score (nSPS) is 10.8. The number of hydrogen-bond acceptors (Lipinski definition) is 2. The lowest BCUT2D eigenvalue weighted by molar-refractivity contribution is -0.117. The molecule has 3 nitrogen and oxygen atoms in total. The molecule has 0 bridgehead atoms. The van der Waals surface area contributed by atoms with E-state index in [-0.39, 0.29) is 5.91 Å². The zero-order chi connectivity index (χ0) is 12.7. The molecular formula is C14H18N2O. The van der Waals surface area contributed by atoms with Crippen LogP contribution in [-0.2, 0) is 4.79 Å². The Morgan fingerprint density at radius 3 is 2.59 bits per heavy atom. The molecule has 1 rings (SSSR count). The number of benzene rings is 1. The van der Waals surface area contributed by atoms with Gasteiger partial charge in [0.2, 0.25) is 0 Å². The van der Waals surface area contributed by atoms with Crippen LogP contribution in [0.4, 0.5) is 5.69 Å². The van der Waals surface area contributed by atoms with Crippen molar-refractivity contribution in [3.8, 4) is 0 Å². The van der Waals surface area contributed by atoms with Gasteiger partial charge in [-0.2, -0.15) is 0 Å². The van der Waals surface area contributed by atoms with Crippen LogP contribution in [0.15, 0.2) is 54.8 Å². The molecule has 0 heterocycles. The van der Waals surface area contributed by atoms with Gasteiger partial charge in [-0.15, -0.1) is 0 Å². The van der Waals surface area contributed by atoms with E-state index >= 15 is 0 Å². The lowest BCUT2D eigenvalue weighted by Gasteiger charge is -2.15. The number of likely N-dealkylation sites (N-methyl/N-ethyl adjacent to an activating group) is 1. The van der Waals surface area contributed by atoms with E-state index in [1.165, 1.54) is 0 Å². The number of amides is 1. The van der Waals surface area contributed by atoms with Gasteiger partial charge in [0.1, 0.15) is 0 Å². The maximum absolute atomic E-state index is 11.7. The minimum absolute atomic E-state index is 0.106. The van der Waals surface area contributed by atoms with Crippen LogP contribution < -0.4 is 10.2 Å². The maximum atomic E-state index is 11.7. The van der Waals surface area contributed by atoms with Crippen molar-refractivity contribution in [1.29, 1.82) is 0 Å². The molecule has 0 spiro atoms. The van der Waals surface area contributed by atoms with Crippen LogP contribution in [0.1, 0.15) is 6.92 Å². The van der Waals surface area contributed by atoms with Gasteiger partial charge >= 0.3 is 0 Å². The monoisotopic (exact) mass is 230 g/mol. The molecule has 1 aromatic carbocycles. The predicted octanol–water partition coefficient (Wildman–Crippen LogP) is 2.33. The van der Waals surface area contributed by atoms with Crippen molar-refractivity contribution >= 4 is 11.6 Å². The van der Waals surface area contributed by atoms with Crippen molar-refractivity contribution < 1.29 is 4.79 Å². The summed E-state index contributed by atoms with van der Waals surface area (Å²) in [6, 6.07) is 9.84. The van der Waals surface area contributed by atoms with Crippen molar-refractivity contribution in [1.82, 2.24) is 5.32 Å². The summed E-state index contributed by atoms with van der Waals surface area (Å²) in [7, 11) is 1.90. The Hall–Kier alpha value is -2.03. The Morgan fingerprint density at radius 2 is 2.06 bits per heavy atom. The fourth-order valence-corrected chi connectivity index (χ4v) is 1.41. The van der Waals surface area contributed by atoms with E-state index in [2.05, 4.69) is 11.9 Å². The SMILES string of the molecule is C=C/C(=C\N(C)c1ccccc1)C(=O)NCC. The summed E-state index contributed by atoms with van der Waals surface area (Å²) in [6.07, 6.45) is 3.33. The fraction of sp³-hybridized carbons (Fsp3) is 0.214. The third-order valence-electron chi connectivity index (χ3n) is 2.32. The van der Waals surface area contributed by atoms with Crippen LogP contribution in [0.3, 0.4) is 0 Å². The second kappa shape index (κ2) is 6.53. The average molecular weight is 230 g/mol. The molecule has 90 valence electrons. The lowest BCUT2D eigenvalue weighted by atomic mass is 10.2. The number of nitrogens with one attached hydrogen (secondary N) is 1. The van der Waals surface area contributed by atoms with E-state index in [0.717, 1.165) is 5.69 Å². The topological polar surface area (TPSA) is 32.3 Å². The molecule has 1 N–H and O–H groups in total. The van der Waals surface area contributed by atoms with E-state index in [1.807, 2.05) is 49.2 Å². The molecule has 0 aliphatic rings. The molecule has 0 saturated heterocycles. The molecule has 0 radical (unpaired) electrons. The highest BCUT2D eigenvalue weighted by Crippen LogP contribution is 2.12. The van der Waals surface area contributed by atoms with E-state index in [1.54, 1.807) is 12.3 Å². The summed E-state index contributed by atoms with van der Waals surface area (Å²) in [6.45, 7) is 6.15. The van der Waals surface area contributed by atoms with E-state index in [0.29, 0.717) is 12.1 Å². The number of nitrogens with zero attached hydrogens (tertiary/aromatic N) is 1. The van der Waals surface area contributed by atoms with Gasteiger partial charge in [-0.25, -0.2) is 0 Å². The van der Waals surface area contributed by atoms with Crippen LogP contribution in [-0.4, -0.2) is 19.5 Å².